The molecule has 0 radical (unpaired) electrons. The number of methoxy groups -OCH3 is 2. The summed E-state index contributed by atoms with van der Waals surface area (Å²) in [6, 6.07) is 22.9. The van der Waals surface area contributed by atoms with Crippen molar-refractivity contribution in [2.75, 3.05) is 24.9 Å². The van der Waals surface area contributed by atoms with E-state index < -0.39 is 0 Å². The van der Waals surface area contributed by atoms with Crippen molar-refractivity contribution >= 4 is 28.6 Å². The summed E-state index contributed by atoms with van der Waals surface area (Å²) < 4.78 is 10.9. The SMILES string of the molecule is COc1cc2c(cc1OC)C(=C(Nc1ccc(CN(C(C)C)C(C)C)cc1)c1ccccc1)C(=O)N2. The molecule has 0 bridgehead atoms. The summed E-state index contributed by atoms with van der Waals surface area (Å²) in [5, 5.41) is 6.52. The molecule has 3 aromatic carbocycles. The van der Waals surface area contributed by atoms with Crippen molar-refractivity contribution in [2.24, 2.45) is 0 Å². The van der Waals surface area contributed by atoms with Gasteiger partial charge in [-0.3, -0.25) is 9.69 Å². The Bertz CT molecular complexity index is 1240. The number of anilines is 2. The first-order valence-electron chi connectivity index (χ1n) is 12.3. The number of carbonyl (C=O) groups is 1. The maximum atomic E-state index is 13.2. The van der Waals surface area contributed by atoms with Gasteiger partial charge in [0.15, 0.2) is 11.5 Å². The number of ether oxygens (including phenoxy) is 2. The number of hydrogen-bond donors (Lipinski definition) is 2. The van der Waals surface area contributed by atoms with E-state index in [0.29, 0.717) is 34.8 Å². The highest BCUT2D eigenvalue weighted by molar-refractivity contribution is 6.37. The van der Waals surface area contributed by atoms with Gasteiger partial charge < -0.3 is 20.1 Å². The lowest BCUT2D eigenvalue weighted by Gasteiger charge is -2.30. The van der Waals surface area contributed by atoms with E-state index in [9.17, 15) is 4.79 Å². The van der Waals surface area contributed by atoms with E-state index in [4.69, 9.17) is 9.47 Å². The topological polar surface area (TPSA) is 62.8 Å². The van der Waals surface area contributed by atoms with E-state index >= 15 is 0 Å². The second-order valence-corrected chi connectivity index (χ2v) is 9.50. The van der Waals surface area contributed by atoms with Gasteiger partial charge in [0.25, 0.3) is 5.91 Å². The molecule has 6 nitrogen and oxygen atoms in total. The minimum Gasteiger partial charge on any atom is -0.493 e. The number of rotatable bonds is 9. The number of amides is 1. The maximum absolute atomic E-state index is 13.2. The zero-order valence-corrected chi connectivity index (χ0v) is 21.9. The van der Waals surface area contributed by atoms with E-state index in [2.05, 4.69) is 67.5 Å². The lowest BCUT2D eigenvalue weighted by molar-refractivity contribution is -0.110. The van der Waals surface area contributed by atoms with E-state index in [1.807, 2.05) is 36.4 Å². The number of hydrogen-bond acceptors (Lipinski definition) is 5. The second-order valence-electron chi connectivity index (χ2n) is 9.50. The van der Waals surface area contributed by atoms with Crippen molar-refractivity contribution in [3.63, 3.8) is 0 Å². The molecule has 0 aliphatic carbocycles. The molecule has 1 aliphatic heterocycles. The third-order valence-corrected chi connectivity index (χ3v) is 6.50. The fraction of sp³-hybridized carbons (Fsp3) is 0.300. The van der Waals surface area contributed by atoms with E-state index in [-0.39, 0.29) is 5.91 Å². The Morgan fingerprint density at radius 1 is 0.889 bits per heavy atom. The Hall–Kier alpha value is -3.77. The van der Waals surface area contributed by atoms with E-state index in [1.54, 1.807) is 20.3 Å². The van der Waals surface area contributed by atoms with Gasteiger partial charge in [0.2, 0.25) is 0 Å². The van der Waals surface area contributed by atoms with Gasteiger partial charge in [-0.2, -0.15) is 0 Å². The molecule has 2 N–H and O–H groups in total. The normalized spacial score (nSPS) is 14.2. The van der Waals surface area contributed by atoms with Crippen LogP contribution in [-0.2, 0) is 11.3 Å². The molecule has 1 heterocycles. The molecule has 0 fully saturated rings. The molecule has 6 heteroatoms. The van der Waals surface area contributed by atoms with Gasteiger partial charge in [-0.25, -0.2) is 0 Å². The van der Waals surface area contributed by atoms with Crippen LogP contribution in [-0.4, -0.2) is 37.1 Å². The Balaban J connectivity index is 1.74. The zero-order chi connectivity index (χ0) is 25.8. The van der Waals surface area contributed by atoms with E-state index in [0.717, 1.165) is 29.1 Å². The monoisotopic (exact) mass is 485 g/mol. The minimum atomic E-state index is -0.173. The average Bonchev–Trinajstić information content (AvgIpc) is 3.20. The summed E-state index contributed by atoms with van der Waals surface area (Å²) in [5.74, 6) is 0.967. The first-order valence-corrected chi connectivity index (χ1v) is 12.3. The summed E-state index contributed by atoms with van der Waals surface area (Å²) >= 11 is 0. The summed E-state index contributed by atoms with van der Waals surface area (Å²) in [7, 11) is 3.18. The van der Waals surface area contributed by atoms with Crippen molar-refractivity contribution in [3.05, 3.63) is 83.4 Å². The molecule has 0 atom stereocenters. The van der Waals surface area contributed by atoms with Gasteiger partial charge in [0, 0.05) is 35.9 Å². The molecule has 0 saturated heterocycles. The Morgan fingerprint density at radius 3 is 2.08 bits per heavy atom. The molecular weight excluding hydrogens is 450 g/mol. The van der Waals surface area contributed by atoms with Crippen LogP contribution in [0.15, 0.2) is 66.7 Å². The number of carbonyl (C=O) groups excluding carboxylic acids is 1. The zero-order valence-electron chi connectivity index (χ0n) is 21.9. The van der Waals surface area contributed by atoms with Gasteiger partial charge in [-0.15, -0.1) is 0 Å². The summed E-state index contributed by atoms with van der Waals surface area (Å²) in [6.45, 7) is 9.79. The second kappa shape index (κ2) is 10.9. The maximum Gasteiger partial charge on any atom is 0.258 e. The van der Waals surface area contributed by atoms with Crippen LogP contribution < -0.4 is 20.1 Å². The van der Waals surface area contributed by atoms with Crippen LogP contribution in [0, 0.1) is 0 Å². The smallest absolute Gasteiger partial charge is 0.258 e. The van der Waals surface area contributed by atoms with Crippen LogP contribution >= 0.6 is 0 Å². The molecule has 0 spiro atoms. The molecule has 36 heavy (non-hydrogen) atoms. The van der Waals surface area contributed by atoms with Crippen molar-refractivity contribution < 1.29 is 14.3 Å². The molecule has 3 aromatic rings. The quantitative estimate of drug-likeness (QED) is 0.351. The van der Waals surface area contributed by atoms with Gasteiger partial charge in [0.05, 0.1) is 31.2 Å². The number of nitrogens with zero attached hydrogens (tertiary/aromatic N) is 1. The number of nitrogens with one attached hydrogen (secondary N) is 2. The Kier molecular flexibility index (Phi) is 7.65. The third-order valence-electron chi connectivity index (χ3n) is 6.50. The lowest BCUT2D eigenvalue weighted by Crippen LogP contribution is -2.36. The molecule has 0 saturated carbocycles. The molecular formula is C30H35N3O3. The van der Waals surface area contributed by atoms with Crippen LogP contribution in [0.4, 0.5) is 11.4 Å². The Morgan fingerprint density at radius 2 is 1.50 bits per heavy atom. The first-order chi connectivity index (χ1) is 17.3. The summed E-state index contributed by atoms with van der Waals surface area (Å²) in [5.41, 5.74) is 5.83. The van der Waals surface area contributed by atoms with Crippen LogP contribution in [0.1, 0.15) is 44.4 Å². The highest BCUT2D eigenvalue weighted by Crippen LogP contribution is 2.43. The van der Waals surface area contributed by atoms with Crippen molar-refractivity contribution in [2.45, 2.75) is 46.3 Å². The predicted molar refractivity (Wildman–Crippen MR) is 147 cm³/mol. The van der Waals surface area contributed by atoms with Crippen LogP contribution in [0.2, 0.25) is 0 Å². The minimum absolute atomic E-state index is 0.173. The fourth-order valence-electron chi connectivity index (χ4n) is 4.64. The standard InChI is InChI=1S/C30H35N3O3/c1-19(2)33(20(3)4)18-21-12-14-23(15-13-21)31-29(22-10-8-7-9-11-22)28-24-16-26(35-5)27(36-6)17-25(24)32-30(28)34/h7-17,19-20,31H,18H2,1-6H3,(H,32,34). The molecule has 4 rings (SSSR count). The number of fused-ring (bicyclic) bond motifs is 1. The third kappa shape index (κ3) is 5.24. The average molecular weight is 486 g/mol. The van der Waals surface area contributed by atoms with E-state index in [1.165, 1.54) is 5.56 Å². The van der Waals surface area contributed by atoms with Gasteiger partial charge in [-0.05, 0) is 57.0 Å². The Labute approximate surface area is 213 Å². The van der Waals surface area contributed by atoms with Gasteiger partial charge in [-0.1, -0.05) is 42.5 Å². The molecule has 188 valence electrons. The number of benzene rings is 3. The van der Waals surface area contributed by atoms with Crippen LogP contribution in [0.25, 0.3) is 11.3 Å². The molecule has 1 amide bonds. The highest BCUT2D eigenvalue weighted by Gasteiger charge is 2.30. The summed E-state index contributed by atoms with van der Waals surface area (Å²) in [4.78, 5) is 15.7. The molecule has 0 aromatic heterocycles. The summed E-state index contributed by atoms with van der Waals surface area (Å²) in [6.07, 6.45) is 0. The predicted octanol–water partition coefficient (Wildman–Crippen LogP) is 6.26. The van der Waals surface area contributed by atoms with Crippen LogP contribution in [0.3, 0.4) is 0 Å². The lowest BCUT2D eigenvalue weighted by atomic mass is 9.99. The fourth-order valence-corrected chi connectivity index (χ4v) is 4.64. The molecule has 1 aliphatic rings. The van der Waals surface area contributed by atoms with Gasteiger partial charge >= 0.3 is 0 Å². The molecule has 0 unspecified atom stereocenters. The first kappa shape index (κ1) is 25.3. The van der Waals surface area contributed by atoms with Crippen LogP contribution in [0.5, 0.6) is 11.5 Å². The largest absolute Gasteiger partial charge is 0.493 e. The highest BCUT2D eigenvalue weighted by atomic mass is 16.5. The van der Waals surface area contributed by atoms with Crippen molar-refractivity contribution in [1.82, 2.24) is 4.90 Å². The van der Waals surface area contributed by atoms with Crippen molar-refractivity contribution in [1.29, 1.82) is 0 Å². The van der Waals surface area contributed by atoms with Gasteiger partial charge in [0.1, 0.15) is 0 Å². The van der Waals surface area contributed by atoms with Crippen molar-refractivity contribution in [3.8, 4) is 11.5 Å².